The number of rotatable bonds is 6. The lowest BCUT2D eigenvalue weighted by atomic mass is 9.91. The van der Waals surface area contributed by atoms with E-state index in [1.54, 1.807) is 0 Å². The first kappa shape index (κ1) is 30.8. The Labute approximate surface area is 307 Å². The summed E-state index contributed by atoms with van der Waals surface area (Å²) in [5.74, 6) is 1.43. The Bertz CT molecular complexity index is 2850. The van der Waals surface area contributed by atoms with Crippen LogP contribution in [-0.4, -0.2) is 11.7 Å². The van der Waals surface area contributed by atoms with Crippen LogP contribution in [0.1, 0.15) is 22.9 Å². The molecule has 0 saturated carbocycles. The molecule has 0 amide bonds. The van der Waals surface area contributed by atoms with Crippen molar-refractivity contribution in [3.8, 4) is 33.4 Å². The highest BCUT2D eigenvalue weighted by molar-refractivity contribution is 6.25. The molecule has 53 heavy (non-hydrogen) atoms. The summed E-state index contributed by atoms with van der Waals surface area (Å²) in [7, 11) is 0. The lowest BCUT2D eigenvalue weighted by Gasteiger charge is -2.24. The molecule has 4 nitrogen and oxygen atoms in total. The van der Waals surface area contributed by atoms with Gasteiger partial charge in [0.25, 0.3) is 0 Å². The minimum absolute atomic E-state index is 0.349. The quantitative estimate of drug-likeness (QED) is 0.190. The van der Waals surface area contributed by atoms with E-state index in [0.717, 1.165) is 66.4 Å². The van der Waals surface area contributed by atoms with E-state index in [-0.39, 0.29) is 6.17 Å². The number of hydrogen-bond acceptors (Lipinski definition) is 4. The third kappa shape index (κ3) is 5.40. The Morgan fingerprint density at radius 1 is 0.396 bits per heavy atom. The summed E-state index contributed by atoms with van der Waals surface area (Å²) in [6.45, 7) is 0. The monoisotopic (exact) mass is 679 g/mol. The SMILES string of the molecule is c1ccc(-c2ccccc2-c2cccc3oc4cccc(C5=NC(c6ccc(-c7ccccc7)c7ccccc67)=NC(c6ccccc6)N5)c4c23)cc1. The lowest BCUT2D eigenvalue weighted by Crippen LogP contribution is -2.33. The van der Waals surface area contributed by atoms with E-state index >= 15 is 0 Å². The molecule has 1 atom stereocenters. The van der Waals surface area contributed by atoms with Crippen LogP contribution in [0.3, 0.4) is 0 Å². The summed E-state index contributed by atoms with van der Waals surface area (Å²) in [6.07, 6.45) is -0.349. The van der Waals surface area contributed by atoms with Gasteiger partial charge in [-0.15, -0.1) is 0 Å². The largest absolute Gasteiger partial charge is 0.456 e. The summed E-state index contributed by atoms with van der Waals surface area (Å²) in [4.78, 5) is 10.7. The number of aliphatic imine (C=N–C) groups is 2. The van der Waals surface area contributed by atoms with E-state index in [9.17, 15) is 0 Å². The first-order valence-electron chi connectivity index (χ1n) is 18.0. The van der Waals surface area contributed by atoms with Crippen LogP contribution in [0.15, 0.2) is 202 Å². The van der Waals surface area contributed by atoms with Crippen molar-refractivity contribution in [3.05, 3.63) is 205 Å². The van der Waals surface area contributed by atoms with Crippen molar-refractivity contribution in [1.82, 2.24) is 5.32 Å². The average Bonchev–Trinajstić information content (AvgIpc) is 3.63. The van der Waals surface area contributed by atoms with Gasteiger partial charge in [-0.2, -0.15) is 0 Å². The molecule has 0 fully saturated rings. The molecule has 10 rings (SSSR count). The molecule has 1 aromatic heterocycles. The molecule has 9 aromatic rings. The number of amidine groups is 2. The minimum atomic E-state index is -0.349. The van der Waals surface area contributed by atoms with Crippen molar-refractivity contribution in [2.24, 2.45) is 9.98 Å². The van der Waals surface area contributed by atoms with Crippen LogP contribution in [-0.2, 0) is 0 Å². The summed E-state index contributed by atoms with van der Waals surface area (Å²) in [5, 5.41) is 8.08. The number of benzene rings is 8. The molecule has 4 heteroatoms. The van der Waals surface area contributed by atoms with Crippen molar-refractivity contribution in [1.29, 1.82) is 0 Å². The second kappa shape index (κ2) is 12.9. The Morgan fingerprint density at radius 2 is 0.906 bits per heavy atom. The van der Waals surface area contributed by atoms with Crippen LogP contribution in [0.4, 0.5) is 0 Å². The summed E-state index contributed by atoms with van der Waals surface area (Å²) in [6, 6.07) is 65.6. The second-order valence-corrected chi connectivity index (χ2v) is 13.3. The first-order valence-corrected chi connectivity index (χ1v) is 18.0. The molecule has 250 valence electrons. The van der Waals surface area contributed by atoms with Crippen molar-refractivity contribution < 1.29 is 4.42 Å². The molecule has 1 aliphatic rings. The summed E-state index contributed by atoms with van der Waals surface area (Å²) < 4.78 is 6.61. The molecule has 8 aromatic carbocycles. The zero-order valence-electron chi connectivity index (χ0n) is 28.8. The predicted molar refractivity (Wildman–Crippen MR) is 219 cm³/mol. The number of hydrogen-bond donors (Lipinski definition) is 1. The van der Waals surface area contributed by atoms with Crippen molar-refractivity contribution in [3.63, 3.8) is 0 Å². The van der Waals surface area contributed by atoms with Crippen LogP contribution in [0, 0.1) is 0 Å². The fraction of sp³-hybridized carbons (Fsp3) is 0.0204. The summed E-state index contributed by atoms with van der Waals surface area (Å²) >= 11 is 0. The molecule has 0 aliphatic carbocycles. The number of fused-ring (bicyclic) bond motifs is 4. The molecular formula is C49H33N3O. The van der Waals surface area contributed by atoms with Gasteiger partial charge in [0, 0.05) is 21.9 Å². The average molecular weight is 680 g/mol. The van der Waals surface area contributed by atoms with Crippen LogP contribution in [0.2, 0.25) is 0 Å². The van der Waals surface area contributed by atoms with Crippen molar-refractivity contribution >= 4 is 44.4 Å². The number of furan rings is 1. The van der Waals surface area contributed by atoms with Gasteiger partial charge >= 0.3 is 0 Å². The van der Waals surface area contributed by atoms with E-state index in [4.69, 9.17) is 14.4 Å². The normalized spacial score (nSPS) is 14.2. The third-order valence-corrected chi connectivity index (χ3v) is 10.2. The molecule has 0 radical (unpaired) electrons. The molecule has 1 unspecified atom stereocenters. The highest BCUT2D eigenvalue weighted by Gasteiger charge is 2.26. The van der Waals surface area contributed by atoms with Crippen LogP contribution in [0.5, 0.6) is 0 Å². The van der Waals surface area contributed by atoms with Gasteiger partial charge in [0.2, 0.25) is 0 Å². The van der Waals surface area contributed by atoms with Gasteiger partial charge in [0.05, 0.1) is 0 Å². The molecule has 0 spiro atoms. The minimum Gasteiger partial charge on any atom is -0.456 e. The Balaban J connectivity index is 1.19. The van der Waals surface area contributed by atoms with E-state index < -0.39 is 0 Å². The van der Waals surface area contributed by atoms with E-state index in [1.165, 1.54) is 22.3 Å². The topological polar surface area (TPSA) is 49.9 Å². The van der Waals surface area contributed by atoms with Gasteiger partial charge in [-0.05, 0) is 67.9 Å². The molecule has 1 N–H and O–H groups in total. The first-order chi connectivity index (χ1) is 26.3. The van der Waals surface area contributed by atoms with Crippen molar-refractivity contribution in [2.75, 3.05) is 0 Å². The Morgan fingerprint density at radius 3 is 1.60 bits per heavy atom. The molecule has 1 aliphatic heterocycles. The fourth-order valence-electron chi connectivity index (χ4n) is 7.75. The zero-order valence-corrected chi connectivity index (χ0v) is 28.8. The second-order valence-electron chi connectivity index (χ2n) is 13.3. The smallest absolute Gasteiger partial charge is 0.160 e. The van der Waals surface area contributed by atoms with Crippen LogP contribution < -0.4 is 5.32 Å². The third-order valence-electron chi connectivity index (χ3n) is 10.2. The van der Waals surface area contributed by atoms with Gasteiger partial charge < -0.3 is 9.73 Å². The van der Waals surface area contributed by atoms with Gasteiger partial charge in [-0.1, -0.05) is 170 Å². The molecule has 0 saturated heterocycles. The number of nitrogens with one attached hydrogen (secondary N) is 1. The maximum Gasteiger partial charge on any atom is 0.160 e. The lowest BCUT2D eigenvalue weighted by molar-refractivity contribution is 0.668. The Hall–Kier alpha value is -7.04. The van der Waals surface area contributed by atoms with Crippen LogP contribution >= 0.6 is 0 Å². The van der Waals surface area contributed by atoms with E-state index in [2.05, 4.69) is 187 Å². The number of nitrogens with zero attached hydrogens (tertiary/aromatic N) is 2. The van der Waals surface area contributed by atoms with Crippen LogP contribution in [0.25, 0.3) is 66.1 Å². The van der Waals surface area contributed by atoms with E-state index in [1.807, 2.05) is 6.07 Å². The standard InChI is InChI=1S/C49H33N3O/c1-4-16-32(17-5-1)35-22-10-11-24-38(35)40-26-14-28-43-45(40)46-42(27-15-29-44(46)53-43)49-51-47(34-20-8-3-9-21-34)50-48(52-49)41-31-30-36(33-18-6-2-7-19-33)37-23-12-13-25-39(37)41/h1-31,47H,(H,50,51,52). The van der Waals surface area contributed by atoms with E-state index in [0.29, 0.717) is 5.84 Å². The fourth-order valence-corrected chi connectivity index (χ4v) is 7.75. The predicted octanol–water partition coefficient (Wildman–Crippen LogP) is 12.2. The van der Waals surface area contributed by atoms with Gasteiger partial charge in [-0.3, -0.25) is 0 Å². The van der Waals surface area contributed by atoms with Gasteiger partial charge in [-0.25, -0.2) is 9.98 Å². The highest BCUT2D eigenvalue weighted by Crippen LogP contribution is 2.42. The maximum absolute atomic E-state index is 6.61. The maximum atomic E-state index is 6.61. The zero-order chi connectivity index (χ0) is 35.1. The van der Waals surface area contributed by atoms with Crippen molar-refractivity contribution in [2.45, 2.75) is 6.17 Å². The molecule has 0 bridgehead atoms. The highest BCUT2D eigenvalue weighted by atomic mass is 16.3. The van der Waals surface area contributed by atoms with Gasteiger partial charge in [0.15, 0.2) is 5.84 Å². The van der Waals surface area contributed by atoms with Gasteiger partial charge in [0.1, 0.15) is 23.2 Å². The molecular weight excluding hydrogens is 647 g/mol. The Kier molecular flexibility index (Phi) is 7.51. The summed E-state index contributed by atoms with van der Waals surface area (Å²) in [5.41, 5.74) is 11.6. The molecule has 2 heterocycles.